The van der Waals surface area contributed by atoms with Crippen LogP contribution in [0.5, 0.6) is 0 Å². The second kappa shape index (κ2) is 6.78. The van der Waals surface area contributed by atoms with Crippen molar-refractivity contribution in [3.05, 3.63) is 0 Å². The minimum Gasteiger partial charge on any atom is -0.480 e. The second-order valence-electron chi connectivity index (χ2n) is 4.76. The largest absolute Gasteiger partial charge is 0.480 e. The molecule has 1 aliphatic rings. The van der Waals surface area contributed by atoms with Gasteiger partial charge in [-0.1, -0.05) is 0 Å². The molecule has 0 spiro atoms. The fourth-order valence-corrected chi connectivity index (χ4v) is 2.09. The van der Waals surface area contributed by atoms with E-state index in [4.69, 9.17) is 5.11 Å². The molecular weight excluding hydrogens is 279 g/mol. The maximum absolute atomic E-state index is 12.2. The predicted molar refractivity (Wildman–Crippen MR) is 64.3 cm³/mol. The fourth-order valence-electron chi connectivity index (χ4n) is 2.09. The maximum Gasteiger partial charge on any atom is 0.406 e. The summed E-state index contributed by atoms with van der Waals surface area (Å²) in [7, 11) is 1.11. The minimum absolute atomic E-state index is 0.125. The number of hydrogen-bond acceptors (Lipinski definition) is 3. The van der Waals surface area contributed by atoms with Crippen molar-refractivity contribution in [2.75, 3.05) is 46.3 Å². The molecule has 116 valence electrons. The third-order valence-electron chi connectivity index (χ3n) is 2.96. The Bertz CT molecular complexity index is 363. The lowest BCUT2D eigenvalue weighted by Gasteiger charge is -2.27. The van der Waals surface area contributed by atoms with Gasteiger partial charge in [0, 0.05) is 33.2 Å². The van der Waals surface area contributed by atoms with Gasteiger partial charge in [0.15, 0.2) is 0 Å². The summed E-state index contributed by atoms with van der Waals surface area (Å²) >= 11 is 0. The van der Waals surface area contributed by atoms with Crippen LogP contribution < -0.4 is 0 Å². The number of halogens is 3. The summed E-state index contributed by atoms with van der Waals surface area (Å²) in [4.78, 5) is 26.1. The standard InChI is InChI=1S/C11H18F3N3O3/c1-15(8-11(12,13)14)10(20)17-4-2-3-16(5-6-17)7-9(18)19/h2-8H2,1H3,(H,18,19). The molecule has 0 aromatic rings. The Labute approximate surface area is 114 Å². The van der Waals surface area contributed by atoms with Crippen molar-refractivity contribution in [3.8, 4) is 0 Å². The monoisotopic (exact) mass is 297 g/mol. The molecule has 1 N–H and O–H groups in total. The van der Waals surface area contributed by atoms with Crippen molar-refractivity contribution >= 4 is 12.0 Å². The first kappa shape index (κ1) is 16.5. The molecule has 0 aromatic carbocycles. The number of carbonyl (C=O) groups is 2. The third-order valence-corrected chi connectivity index (χ3v) is 2.96. The SMILES string of the molecule is CN(CC(F)(F)F)C(=O)N1CCCN(CC(=O)O)CC1. The van der Waals surface area contributed by atoms with Crippen LogP contribution in [0.3, 0.4) is 0 Å². The highest BCUT2D eigenvalue weighted by Gasteiger charge is 2.33. The Morgan fingerprint density at radius 2 is 1.85 bits per heavy atom. The van der Waals surface area contributed by atoms with Crippen LogP contribution in [-0.4, -0.2) is 84.3 Å². The molecule has 9 heteroatoms. The highest BCUT2D eigenvalue weighted by Crippen LogP contribution is 2.16. The molecule has 1 saturated heterocycles. The number of carbonyl (C=O) groups excluding carboxylic acids is 1. The van der Waals surface area contributed by atoms with E-state index in [9.17, 15) is 22.8 Å². The highest BCUT2D eigenvalue weighted by molar-refractivity contribution is 5.74. The topological polar surface area (TPSA) is 64.1 Å². The van der Waals surface area contributed by atoms with Gasteiger partial charge in [0.1, 0.15) is 6.54 Å². The van der Waals surface area contributed by atoms with Gasteiger partial charge in [0.25, 0.3) is 0 Å². The van der Waals surface area contributed by atoms with E-state index in [0.29, 0.717) is 31.0 Å². The molecule has 0 unspecified atom stereocenters. The number of nitrogens with zero attached hydrogens (tertiary/aromatic N) is 3. The fraction of sp³-hybridized carbons (Fsp3) is 0.818. The number of carboxylic acid groups (broad SMARTS) is 1. The summed E-state index contributed by atoms with van der Waals surface area (Å²) in [5.41, 5.74) is 0. The molecule has 0 saturated carbocycles. The molecule has 6 nitrogen and oxygen atoms in total. The summed E-state index contributed by atoms with van der Waals surface area (Å²) in [5.74, 6) is -0.959. The van der Waals surface area contributed by atoms with Crippen LogP contribution in [0.4, 0.5) is 18.0 Å². The quantitative estimate of drug-likeness (QED) is 0.832. The van der Waals surface area contributed by atoms with E-state index in [1.165, 1.54) is 4.90 Å². The van der Waals surface area contributed by atoms with Crippen LogP contribution in [0.25, 0.3) is 0 Å². The first-order valence-electron chi connectivity index (χ1n) is 6.20. The summed E-state index contributed by atoms with van der Waals surface area (Å²) in [6.07, 6.45) is -3.88. The van der Waals surface area contributed by atoms with Crippen molar-refractivity contribution in [1.82, 2.24) is 14.7 Å². The lowest BCUT2D eigenvalue weighted by Crippen LogP contribution is -2.46. The van der Waals surface area contributed by atoms with Gasteiger partial charge in [0.05, 0.1) is 6.54 Å². The van der Waals surface area contributed by atoms with E-state index in [-0.39, 0.29) is 13.1 Å². The molecule has 1 fully saturated rings. The van der Waals surface area contributed by atoms with Crippen LogP contribution in [0.15, 0.2) is 0 Å². The Hall–Kier alpha value is -1.51. The zero-order valence-electron chi connectivity index (χ0n) is 11.2. The minimum atomic E-state index is -4.42. The Balaban J connectivity index is 2.51. The second-order valence-corrected chi connectivity index (χ2v) is 4.76. The zero-order valence-corrected chi connectivity index (χ0v) is 11.2. The predicted octanol–water partition coefficient (Wildman–Crippen LogP) is 0.693. The Morgan fingerprint density at radius 1 is 1.20 bits per heavy atom. The summed E-state index contributed by atoms with van der Waals surface area (Å²) in [5, 5.41) is 8.69. The zero-order chi connectivity index (χ0) is 15.3. The van der Waals surface area contributed by atoms with Crippen LogP contribution >= 0.6 is 0 Å². The summed E-state index contributed by atoms with van der Waals surface area (Å²) < 4.78 is 36.7. The van der Waals surface area contributed by atoms with Gasteiger partial charge < -0.3 is 14.9 Å². The van der Waals surface area contributed by atoms with Crippen molar-refractivity contribution < 1.29 is 27.9 Å². The normalized spacial score (nSPS) is 17.7. The molecule has 0 atom stereocenters. The van der Waals surface area contributed by atoms with Gasteiger partial charge in [-0.2, -0.15) is 13.2 Å². The van der Waals surface area contributed by atoms with E-state index in [2.05, 4.69) is 0 Å². The van der Waals surface area contributed by atoms with Crippen LogP contribution in [0, 0.1) is 0 Å². The van der Waals surface area contributed by atoms with Crippen molar-refractivity contribution in [3.63, 3.8) is 0 Å². The van der Waals surface area contributed by atoms with E-state index in [1.807, 2.05) is 0 Å². The smallest absolute Gasteiger partial charge is 0.406 e. The summed E-state index contributed by atoms with van der Waals surface area (Å²) in [6.45, 7) is 0.00399. The number of alkyl halides is 3. The van der Waals surface area contributed by atoms with Gasteiger partial charge in [-0.25, -0.2) is 4.79 Å². The van der Waals surface area contributed by atoms with Gasteiger partial charge in [0.2, 0.25) is 0 Å². The highest BCUT2D eigenvalue weighted by atomic mass is 19.4. The lowest BCUT2D eigenvalue weighted by molar-refractivity contribution is -0.139. The number of amides is 2. The van der Waals surface area contributed by atoms with Gasteiger partial charge >= 0.3 is 18.2 Å². The first-order chi connectivity index (χ1) is 9.19. The van der Waals surface area contributed by atoms with Crippen LogP contribution in [-0.2, 0) is 4.79 Å². The maximum atomic E-state index is 12.2. The van der Waals surface area contributed by atoms with E-state index >= 15 is 0 Å². The number of aliphatic carboxylic acids is 1. The molecular formula is C11H18F3N3O3. The molecule has 1 heterocycles. The van der Waals surface area contributed by atoms with E-state index < -0.39 is 24.7 Å². The van der Waals surface area contributed by atoms with Crippen molar-refractivity contribution in [1.29, 1.82) is 0 Å². The Kier molecular flexibility index (Phi) is 5.61. The number of urea groups is 1. The molecule has 2 amide bonds. The molecule has 1 aliphatic heterocycles. The van der Waals surface area contributed by atoms with E-state index in [0.717, 1.165) is 7.05 Å². The molecule has 0 radical (unpaired) electrons. The van der Waals surface area contributed by atoms with Gasteiger partial charge in [-0.15, -0.1) is 0 Å². The molecule has 0 aromatic heterocycles. The van der Waals surface area contributed by atoms with Crippen molar-refractivity contribution in [2.24, 2.45) is 0 Å². The van der Waals surface area contributed by atoms with Gasteiger partial charge in [-0.3, -0.25) is 9.69 Å². The number of carboxylic acids is 1. The van der Waals surface area contributed by atoms with Crippen LogP contribution in [0.2, 0.25) is 0 Å². The molecule has 20 heavy (non-hydrogen) atoms. The first-order valence-corrected chi connectivity index (χ1v) is 6.20. The number of hydrogen-bond donors (Lipinski definition) is 1. The molecule has 1 rings (SSSR count). The molecule has 0 bridgehead atoms. The van der Waals surface area contributed by atoms with Gasteiger partial charge in [-0.05, 0) is 6.42 Å². The van der Waals surface area contributed by atoms with E-state index in [1.54, 1.807) is 4.90 Å². The average Bonchev–Trinajstić information content (AvgIpc) is 2.50. The molecule has 0 aliphatic carbocycles. The van der Waals surface area contributed by atoms with Crippen LogP contribution in [0.1, 0.15) is 6.42 Å². The number of rotatable bonds is 3. The average molecular weight is 297 g/mol. The summed E-state index contributed by atoms with van der Waals surface area (Å²) in [6, 6.07) is -0.681. The lowest BCUT2D eigenvalue weighted by atomic mass is 10.4. The van der Waals surface area contributed by atoms with Crippen molar-refractivity contribution in [2.45, 2.75) is 12.6 Å². The third kappa shape index (κ3) is 5.64. The Morgan fingerprint density at radius 3 is 2.40 bits per heavy atom.